The van der Waals surface area contributed by atoms with Crippen molar-refractivity contribution in [2.75, 3.05) is 19.6 Å². The van der Waals surface area contributed by atoms with Crippen molar-refractivity contribution in [2.24, 2.45) is 5.92 Å². The maximum Gasteiger partial charge on any atom is 0.223 e. The lowest BCUT2D eigenvalue weighted by Crippen LogP contribution is -2.35. The van der Waals surface area contributed by atoms with Crippen molar-refractivity contribution in [3.05, 3.63) is 0 Å². The zero-order valence-electron chi connectivity index (χ0n) is 10.7. The number of carbonyl (C=O) groups excluding carboxylic acids is 2. The van der Waals surface area contributed by atoms with Gasteiger partial charge < -0.3 is 16.0 Å². The predicted molar refractivity (Wildman–Crippen MR) is 66.5 cm³/mol. The molecule has 0 aromatic carbocycles. The molecule has 1 aliphatic rings. The molecule has 0 unspecified atom stereocenters. The summed E-state index contributed by atoms with van der Waals surface area (Å²) in [7, 11) is 0. The summed E-state index contributed by atoms with van der Waals surface area (Å²) in [5.74, 6) is 0.505. The summed E-state index contributed by atoms with van der Waals surface area (Å²) < 4.78 is 0. The summed E-state index contributed by atoms with van der Waals surface area (Å²) in [6.45, 7) is 5.89. The Labute approximate surface area is 103 Å². The first kappa shape index (κ1) is 14.0. The highest BCUT2D eigenvalue weighted by Crippen LogP contribution is 2.28. The topological polar surface area (TPSA) is 70.2 Å². The quantitative estimate of drug-likeness (QED) is 0.525. The third kappa shape index (κ3) is 6.94. The maximum atomic E-state index is 11.3. The van der Waals surface area contributed by atoms with Crippen molar-refractivity contribution < 1.29 is 9.59 Å². The largest absolute Gasteiger partial charge is 0.355 e. The summed E-state index contributed by atoms with van der Waals surface area (Å²) in [5, 5.41) is 8.82. The van der Waals surface area contributed by atoms with Crippen molar-refractivity contribution in [3.63, 3.8) is 0 Å². The highest BCUT2D eigenvalue weighted by Gasteiger charge is 2.28. The van der Waals surface area contributed by atoms with Gasteiger partial charge in [-0.3, -0.25) is 9.59 Å². The molecule has 0 aromatic rings. The van der Waals surface area contributed by atoms with Gasteiger partial charge in [0.1, 0.15) is 0 Å². The molecule has 1 aliphatic carbocycles. The number of amides is 2. The van der Waals surface area contributed by atoms with E-state index in [1.165, 1.54) is 0 Å². The van der Waals surface area contributed by atoms with Gasteiger partial charge in [-0.1, -0.05) is 0 Å². The molecule has 17 heavy (non-hydrogen) atoms. The van der Waals surface area contributed by atoms with Crippen LogP contribution in [0.25, 0.3) is 0 Å². The number of nitrogens with one attached hydrogen (secondary N) is 3. The first-order valence-electron chi connectivity index (χ1n) is 6.37. The molecule has 0 saturated heterocycles. The lowest BCUT2D eigenvalue weighted by Gasteiger charge is -2.09. The number of hydrogen-bond donors (Lipinski definition) is 3. The Morgan fingerprint density at radius 2 is 1.88 bits per heavy atom. The van der Waals surface area contributed by atoms with Crippen molar-refractivity contribution in [2.45, 2.75) is 39.2 Å². The van der Waals surface area contributed by atoms with Gasteiger partial charge in [-0.2, -0.15) is 0 Å². The second-order valence-corrected chi connectivity index (χ2v) is 4.79. The fourth-order valence-corrected chi connectivity index (χ4v) is 1.49. The second-order valence-electron chi connectivity index (χ2n) is 4.79. The van der Waals surface area contributed by atoms with Crippen molar-refractivity contribution in [3.8, 4) is 0 Å². The van der Waals surface area contributed by atoms with Gasteiger partial charge in [0, 0.05) is 38.0 Å². The second kappa shape index (κ2) is 7.27. The van der Waals surface area contributed by atoms with Crippen LogP contribution in [0.5, 0.6) is 0 Å². The van der Waals surface area contributed by atoms with Crippen LogP contribution in [0.1, 0.15) is 33.1 Å². The van der Waals surface area contributed by atoms with E-state index < -0.39 is 0 Å². The van der Waals surface area contributed by atoms with Crippen LogP contribution in [0.4, 0.5) is 0 Å². The summed E-state index contributed by atoms with van der Waals surface area (Å²) in [4.78, 5) is 22.5. The number of carbonyl (C=O) groups is 2. The standard InChI is InChI=1S/C12H23N3O2/c1-9(2)15-11(16)5-6-13-7-8-14-12(17)10-3-4-10/h9-10,13H,3-8H2,1-2H3,(H,14,17)(H,15,16). The van der Waals surface area contributed by atoms with E-state index in [-0.39, 0.29) is 23.8 Å². The van der Waals surface area contributed by atoms with E-state index in [1.807, 2.05) is 13.8 Å². The monoisotopic (exact) mass is 241 g/mol. The molecular weight excluding hydrogens is 218 g/mol. The Morgan fingerprint density at radius 1 is 1.18 bits per heavy atom. The summed E-state index contributed by atoms with van der Waals surface area (Å²) >= 11 is 0. The van der Waals surface area contributed by atoms with Crippen LogP contribution >= 0.6 is 0 Å². The molecule has 1 fully saturated rings. The summed E-state index contributed by atoms with van der Waals surface area (Å²) in [5.41, 5.74) is 0. The van der Waals surface area contributed by atoms with Gasteiger partial charge in [-0.05, 0) is 26.7 Å². The molecule has 0 heterocycles. The molecule has 98 valence electrons. The summed E-state index contributed by atoms with van der Waals surface area (Å²) in [6.07, 6.45) is 2.55. The fraction of sp³-hybridized carbons (Fsp3) is 0.833. The van der Waals surface area contributed by atoms with Crippen LogP contribution in [0.3, 0.4) is 0 Å². The molecule has 5 heteroatoms. The average molecular weight is 241 g/mol. The molecule has 2 amide bonds. The van der Waals surface area contributed by atoms with E-state index in [9.17, 15) is 9.59 Å². The minimum atomic E-state index is 0.0644. The molecule has 1 saturated carbocycles. The van der Waals surface area contributed by atoms with Crippen LogP contribution in [0, 0.1) is 5.92 Å². The molecule has 0 radical (unpaired) electrons. The SMILES string of the molecule is CC(C)NC(=O)CCNCCNC(=O)C1CC1. The molecular formula is C12H23N3O2. The molecule has 3 N–H and O–H groups in total. The first-order valence-corrected chi connectivity index (χ1v) is 6.37. The minimum Gasteiger partial charge on any atom is -0.355 e. The molecule has 0 atom stereocenters. The first-order chi connectivity index (χ1) is 8.09. The number of rotatable bonds is 8. The van der Waals surface area contributed by atoms with E-state index in [0.29, 0.717) is 26.1 Å². The van der Waals surface area contributed by atoms with Gasteiger partial charge in [-0.25, -0.2) is 0 Å². The molecule has 0 aliphatic heterocycles. The Kier molecular flexibility index (Phi) is 5.97. The smallest absolute Gasteiger partial charge is 0.223 e. The van der Waals surface area contributed by atoms with E-state index >= 15 is 0 Å². The van der Waals surface area contributed by atoms with Gasteiger partial charge in [0.15, 0.2) is 0 Å². The highest BCUT2D eigenvalue weighted by atomic mass is 16.2. The lowest BCUT2D eigenvalue weighted by molar-refractivity contribution is -0.122. The zero-order valence-corrected chi connectivity index (χ0v) is 10.7. The van der Waals surface area contributed by atoms with Crippen molar-refractivity contribution in [1.29, 1.82) is 0 Å². The molecule has 0 spiro atoms. The molecule has 0 bridgehead atoms. The number of hydrogen-bond acceptors (Lipinski definition) is 3. The van der Waals surface area contributed by atoms with Gasteiger partial charge in [-0.15, -0.1) is 0 Å². The zero-order chi connectivity index (χ0) is 12.7. The van der Waals surface area contributed by atoms with Crippen LogP contribution in [-0.4, -0.2) is 37.5 Å². The normalized spacial score (nSPS) is 14.8. The Bertz CT molecular complexity index is 262. The van der Waals surface area contributed by atoms with Gasteiger partial charge in [0.2, 0.25) is 11.8 Å². The van der Waals surface area contributed by atoms with E-state index in [4.69, 9.17) is 0 Å². The Morgan fingerprint density at radius 3 is 2.47 bits per heavy atom. The summed E-state index contributed by atoms with van der Waals surface area (Å²) in [6, 6.07) is 0.195. The van der Waals surface area contributed by atoms with Crippen LogP contribution < -0.4 is 16.0 Å². The van der Waals surface area contributed by atoms with Crippen LogP contribution in [-0.2, 0) is 9.59 Å². The fourth-order valence-electron chi connectivity index (χ4n) is 1.49. The predicted octanol–water partition coefficient (Wildman–Crippen LogP) is 0.0169. The van der Waals surface area contributed by atoms with Crippen molar-refractivity contribution >= 4 is 11.8 Å². The molecule has 5 nitrogen and oxygen atoms in total. The van der Waals surface area contributed by atoms with E-state index in [1.54, 1.807) is 0 Å². The minimum absolute atomic E-state index is 0.0644. The Balaban J connectivity index is 1.86. The van der Waals surface area contributed by atoms with Crippen LogP contribution in [0.2, 0.25) is 0 Å². The van der Waals surface area contributed by atoms with Gasteiger partial charge in [0.25, 0.3) is 0 Å². The molecule has 1 rings (SSSR count). The lowest BCUT2D eigenvalue weighted by atomic mass is 10.3. The van der Waals surface area contributed by atoms with Crippen LogP contribution in [0.15, 0.2) is 0 Å². The highest BCUT2D eigenvalue weighted by molar-refractivity contribution is 5.80. The third-order valence-electron chi connectivity index (χ3n) is 2.53. The van der Waals surface area contributed by atoms with E-state index in [2.05, 4.69) is 16.0 Å². The third-order valence-corrected chi connectivity index (χ3v) is 2.53. The van der Waals surface area contributed by atoms with E-state index in [0.717, 1.165) is 12.8 Å². The van der Waals surface area contributed by atoms with Gasteiger partial charge in [0.05, 0.1) is 0 Å². The molecule has 0 aromatic heterocycles. The average Bonchev–Trinajstić information content (AvgIpc) is 3.05. The van der Waals surface area contributed by atoms with Crippen molar-refractivity contribution in [1.82, 2.24) is 16.0 Å². The maximum absolute atomic E-state index is 11.3. The van der Waals surface area contributed by atoms with Gasteiger partial charge >= 0.3 is 0 Å². The Hall–Kier alpha value is -1.10.